The van der Waals surface area contributed by atoms with Gasteiger partial charge in [0, 0.05) is 11.9 Å². The number of aromatic nitrogens is 1. The van der Waals surface area contributed by atoms with E-state index in [4.69, 9.17) is 9.47 Å². The van der Waals surface area contributed by atoms with Crippen molar-refractivity contribution < 1.29 is 27.4 Å². The molecule has 27 heavy (non-hydrogen) atoms. The van der Waals surface area contributed by atoms with Gasteiger partial charge in [-0.3, -0.25) is 4.79 Å². The zero-order valence-electron chi connectivity index (χ0n) is 14.4. The highest BCUT2D eigenvalue weighted by Gasteiger charge is 2.23. The Hall–Kier alpha value is -3.29. The number of carbonyl (C=O) groups excluding carboxylic acids is 1. The van der Waals surface area contributed by atoms with Gasteiger partial charge < -0.3 is 14.0 Å². The molecule has 3 aromatic rings. The molecule has 0 bridgehead atoms. The highest BCUT2D eigenvalue weighted by molar-refractivity contribution is 5.94. The summed E-state index contributed by atoms with van der Waals surface area (Å²) in [5.41, 5.74) is -1.56. The molecule has 1 aromatic heterocycles. The van der Waals surface area contributed by atoms with E-state index in [1.165, 1.54) is 19.2 Å². The van der Waals surface area contributed by atoms with E-state index < -0.39 is 45.3 Å². The maximum absolute atomic E-state index is 14.5. The minimum atomic E-state index is -1.71. The lowest BCUT2D eigenvalue weighted by Crippen LogP contribution is -2.21. The highest BCUT2D eigenvalue weighted by atomic mass is 19.2. The summed E-state index contributed by atoms with van der Waals surface area (Å²) in [7, 11) is 1.46. The van der Waals surface area contributed by atoms with Crippen molar-refractivity contribution in [2.45, 2.75) is 6.92 Å². The van der Waals surface area contributed by atoms with E-state index >= 15 is 0 Å². The zero-order chi connectivity index (χ0) is 19.7. The van der Waals surface area contributed by atoms with Crippen LogP contribution in [0.1, 0.15) is 17.3 Å². The Labute approximate surface area is 151 Å². The minimum absolute atomic E-state index is 0.00495. The van der Waals surface area contributed by atoms with Gasteiger partial charge in [0.15, 0.2) is 17.5 Å². The number of pyridine rings is 1. The molecule has 0 spiro atoms. The van der Waals surface area contributed by atoms with Crippen LogP contribution >= 0.6 is 0 Å². The average molecular weight is 377 g/mol. The second-order valence-electron chi connectivity index (χ2n) is 5.54. The van der Waals surface area contributed by atoms with E-state index in [2.05, 4.69) is 0 Å². The summed E-state index contributed by atoms with van der Waals surface area (Å²) in [5, 5.41) is -0.479. The van der Waals surface area contributed by atoms with Crippen molar-refractivity contribution in [3.05, 3.63) is 69.8 Å². The Morgan fingerprint density at radius 1 is 1.11 bits per heavy atom. The summed E-state index contributed by atoms with van der Waals surface area (Å²) in [4.78, 5) is 24.7. The second-order valence-corrected chi connectivity index (χ2v) is 5.54. The van der Waals surface area contributed by atoms with Gasteiger partial charge in [0.25, 0.3) is 0 Å². The number of carbonyl (C=O) groups is 1. The molecule has 2 aromatic carbocycles. The summed E-state index contributed by atoms with van der Waals surface area (Å²) >= 11 is 0. The predicted octanol–water partition coefficient (Wildman–Crippen LogP) is 3.59. The van der Waals surface area contributed by atoms with Crippen LogP contribution in [0.15, 0.2) is 41.3 Å². The van der Waals surface area contributed by atoms with Crippen molar-refractivity contribution >= 4 is 16.9 Å². The first-order valence-corrected chi connectivity index (χ1v) is 7.93. The molecule has 0 aliphatic rings. The molecule has 0 amide bonds. The van der Waals surface area contributed by atoms with Crippen molar-refractivity contribution in [1.29, 1.82) is 0 Å². The largest absolute Gasteiger partial charge is 0.497 e. The number of fused-ring (bicyclic) bond motifs is 1. The van der Waals surface area contributed by atoms with E-state index in [1.54, 1.807) is 19.1 Å². The van der Waals surface area contributed by atoms with Crippen LogP contribution in [-0.2, 0) is 4.74 Å². The van der Waals surface area contributed by atoms with Gasteiger partial charge in [0.2, 0.25) is 5.43 Å². The van der Waals surface area contributed by atoms with Gasteiger partial charge in [-0.05, 0) is 37.3 Å². The number of ether oxygens (including phenoxy) is 2. The van der Waals surface area contributed by atoms with Crippen LogP contribution in [0.3, 0.4) is 0 Å². The van der Waals surface area contributed by atoms with Crippen molar-refractivity contribution in [3.8, 4) is 11.4 Å². The maximum atomic E-state index is 14.5. The third-order valence-electron chi connectivity index (χ3n) is 3.97. The summed E-state index contributed by atoms with van der Waals surface area (Å²) in [6, 6.07) is 6.71. The number of methoxy groups -OCH3 is 1. The van der Waals surface area contributed by atoms with Gasteiger partial charge in [-0.2, -0.15) is 0 Å². The molecule has 1 heterocycles. The Balaban J connectivity index is 2.41. The molecule has 8 heteroatoms. The van der Waals surface area contributed by atoms with Crippen LogP contribution in [0.25, 0.3) is 16.6 Å². The van der Waals surface area contributed by atoms with Gasteiger partial charge >= 0.3 is 5.97 Å². The molecule has 140 valence electrons. The van der Waals surface area contributed by atoms with Gasteiger partial charge in [-0.15, -0.1) is 0 Å². The normalized spacial score (nSPS) is 10.9. The fourth-order valence-corrected chi connectivity index (χ4v) is 2.69. The van der Waals surface area contributed by atoms with Gasteiger partial charge in [-0.25, -0.2) is 18.0 Å². The summed E-state index contributed by atoms with van der Waals surface area (Å²) in [6.07, 6.45) is 1.05. The molecule has 0 aliphatic carbocycles. The fourth-order valence-electron chi connectivity index (χ4n) is 2.69. The Bertz CT molecular complexity index is 1090. The number of hydrogen-bond donors (Lipinski definition) is 0. The standard InChI is InChI=1S/C19H14F3NO4/c1-3-27-19(25)13-9-23(10-4-6-11(26-2)7-5-10)17-12(18(13)24)8-14(20)15(21)16(17)22/h4-9H,3H2,1-2H3. The van der Waals surface area contributed by atoms with E-state index in [9.17, 15) is 22.8 Å². The molecule has 0 aliphatic heterocycles. The van der Waals surface area contributed by atoms with Crippen molar-refractivity contribution in [2.24, 2.45) is 0 Å². The summed E-state index contributed by atoms with van der Waals surface area (Å²) < 4.78 is 53.0. The molecule has 0 saturated heterocycles. The first kappa shape index (κ1) is 18.5. The van der Waals surface area contributed by atoms with Crippen LogP contribution in [0.5, 0.6) is 5.75 Å². The summed E-state index contributed by atoms with van der Waals surface area (Å²) in [5.74, 6) is -5.22. The molecule has 0 N–H and O–H groups in total. The van der Waals surface area contributed by atoms with Crippen LogP contribution < -0.4 is 10.2 Å². The highest BCUT2D eigenvalue weighted by Crippen LogP contribution is 2.25. The lowest BCUT2D eigenvalue weighted by atomic mass is 10.1. The zero-order valence-corrected chi connectivity index (χ0v) is 14.4. The first-order valence-electron chi connectivity index (χ1n) is 7.93. The van der Waals surface area contributed by atoms with Gasteiger partial charge in [0.05, 0.1) is 24.6 Å². The minimum Gasteiger partial charge on any atom is -0.497 e. The van der Waals surface area contributed by atoms with E-state index in [1.807, 2.05) is 0 Å². The molecule has 0 saturated carbocycles. The number of esters is 1. The SMILES string of the molecule is CCOC(=O)c1cn(-c2ccc(OC)cc2)c2c(F)c(F)c(F)cc2c1=O. The Kier molecular flexibility index (Phi) is 4.89. The Morgan fingerprint density at radius 2 is 1.78 bits per heavy atom. The molecule has 3 rings (SSSR count). The maximum Gasteiger partial charge on any atom is 0.343 e. The molecule has 0 fully saturated rings. The van der Waals surface area contributed by atoms with Gasteiger partial charge in [0.1, 0.15) is 11.3 Å². The molecule has 5 nitrogen and oxygen atoms in total. The van der Waals surface area contributed by atoms with Crippen LogP contribution in [-0.4, -0.2) is 24.3 Å². The van der Waals surface area contributed by atoms with E-state index in [0.29, 0.717) is 17.5 Å². The summed E-state index contributed by atoms with van der Waals surface area (Å²) in [6.45, 7) is 1.56. The van der Waals surface area contributed by atoms with Crippen molar-refractivity contribution in [2.75, 3.05) is 13.7 Å². The van der Waals surface area contributed by atoms with Gasteiger partial charge in [-0.1, -0.05) is 0 Å². The van der Waals surface area contributed by atoms with Crippen molar-refractivity contribution in [3.63, 3.8) is 0 Å². The van der Waals surface area contributed by atoms with Crippen LogP contribution in [0, 0.1) is 17.5 Å². The molecular weight excluding hydrogens is 363 g/mol. The molecule has 0 radical (unpaired) electrons. The lowest BCUT2D eigenvalue weighted by Gasteiger charge is -2.15. The Morgan fingerprint density at radius 3 is 2.37 bits per heavy atom. The number of rotatable bonds is 4. The lowest BCUT2D eigenvalue weighted by molar-refractivity contribution is 0.0524. The van der Waals surface area contributed by atoms with Crippen molar-refractivity contribution in [1.82, 2.24) is 4.57 Å². The van der Waals surface area contributed by atoms with Crippen LogP contribution in [0.4, 0.5) is 13.2 Å². The number of benzene rings is 2. The molecule has 0 unspecified atom stereocenters. The fraction of sp³-hybridized carbons (Fsp3) is 0.158. The quantitative estimate of drug-likeness (QED) is 0.515. The van der Waals surface area contributed by atoms with E-state index in [0.717, 1.165) is 10.8 Å². The van der Waals surface area contributed by atoms with Crippen LogP contribution in [0.2, 0.25) is 0 Å². The average Bonchev–Trinajstić information content (AvgIpc) is 2.67. The second kappa shape index (κ2) is 7.14. The smallest absolute Gasteiger partial charge is 0.343 e. The molecule has 0 atom stereocenters. The number of nitrogens with zero attached hydrogens (tertiary/aromatic N) is 1. The third-order valence-corrected chi connectivity index (χ3v) is 3.97. The predicted molar refractivity (Wildman–Crippen MR) is 91.9 cm³/mol. The molecular formula is C19H14F3NO4. The number of hydrogen-bond acceptors (Lipinski definition) is 4. The topological polar surface area (TPSA) is 57.5 Å². The van der Waals surface area contributed by atoms with E-state index in [-0.39, 0.29) is 6.61 Å². The first-order chi connectivity index (χ1) is 12.9. The number of halogens is 3. The monoisotopic (exact) mass is 377 g/mol. The third kappa shape index (κ3) is 3.14.